The number of hydrogen-bond acceptors (Lipinski definition) is 3. The van der Waals surface area contributed by atoms with Crippen LogP contribution >= 0.6 is 36.4 Å². The summed E-state index contributed by atoms with van der Waals surface area (Å²) in [6.07, 6.45) is 4.97. The van der Waals surface area contributed by atoms with Crippen LogP contribution in [0.2, 0.25) is 0 Å². The second kappa shape index (κ2) is 12.8. The average Bonchev–Trinajstić information content (AvgIpc) is 2.74. The molecule has 0 atom stereocenters. The molecule has 0 radical (unpaired) electrons. The number of thioether (sulfide) groups is 1. The SMILES string of the molecule is CC(C)N(C(=S)SCc1ccccc1)C1CCC(c2ccc(CN(C)C)cc2)CC1.Cl. The van der Waals surface area contributed by atoms with Crippen LogP contribution in [0, 0.1) is 0 Å². The third-order valence-corrected chi connectivity index (χ3v) is 7.51. The van der Waals surface area contributed by atoms with Crippen LogP contribution in [-0.2, 0) is 12.3 Å². The summed E-state index contributed by atoms with van der Waals surface area (Å²) < 4.78 is 1.06. The fraction of sp³-hybridized carbons (Fsp3) is 0.500. The van der Waals surface area contributed by atoms with E-state index < -0.39 is 0 Å². The summed E-state index contributed by atoms with van der Waals surface area (Å²) >= 11 is 7.70. The molecule has 0 heterocycles. The van der Waals surface area contributed by atoms with Gasteiger partial charge in [-0.1, -0.05) is 78.6 Å². The summed E-state index contributed by atoms with van der Waals surface area (Å²) in [6.45, 7) is 5.57. The van der Waals surface area contributed by atoms with Crippen molar-refractivity contribution in [1.82, 2.24) is 9.80 Å². The van der Waals surface area contributed by atoms with Crippen LogP contribution in [0.4, 0.5) is 0 Å². The first-order valence-electron chi connectivity index (χ1n) is 11.2. The van der Waals surface area contributed by atoms with Gasteiger partial charge in [0.15, 0.2) is 0 Å². The Balaban J connectivity index is 0.00000341. The molecule has 2 nitrogen and oxygen atoms in total. The highest BCUT2D eigenvalue weighted by molar-refractivity contribution is 8.22. The van der Waals surface area contributed by atoms with E-state index in [1.165, 1.54) is 42.4 Å². The highest BCUT2D eigenvalue weighted by Gasteiger charge is 2.29. The van der Waals surface area contributed by atoms with Crippen molar-refractivity contribution in [1.29, 1.82) is 0 Å². The van der Waals surface area contributed by atoms with E-state index in [1.54, 1.807) is 0 Å². The van der Waals surface area contributed by atoms with E-state index in [0.29, 0.717) is 18.0 Å². The molecule has 2 aromatic rings. The maximum atomic E-state index is 5.89. The second-order valence-corrected chi connectivity index (χ2v) is 10.6. The summed E-state index contributed by atoms with van der Waals surface area (Å²) in [5.74, 6) is 1.64. The number of nitrogens with zero attached hydrogens (tertiary/aromatic N) is 2. The lowest BCUT2D eigenvalue weighted by Gasteiger charge is -2.41. The molecule has 1 aliphatic carbocycles. The van der Waals surface area contributed by atoms with E-state index in [9.17, 15) is 0 Å². The molecule has 31 heavy (non-hydrogen) atoms. The zero-order valence-electron chi connectivity index (χ0n) is 19.3. The van der Waals surface area contributed by atoms with Crippen LogP contribution in [-0.4, -0.2) is 40.3 Å². The van der Waals surface area contributed by atoms with Gasteiger partial charge in [0.1, 0.15) is 4.32 Å². The van der Waals surface area contributed by atoms with Gasteiger partial charge in [0.05, 0.1) is 0 Å². The summed E-state index contributed by atoms with van der Waals surface area (Å²) in [6, 6.07) is 21.0. The van der Waals surface area contributed by atoms with Crippen molar-refractivity contribution < 1.29 is 0 Å². The van der Waals surface area contributed by atoms with Gasteiger partial charge in [-0.3, -0.25) is 0 Å². The molecular weight excluding hydrogens is 440 g/mol. The Labute approximate surface area is 205 Å². The highest BCUT2D eigenvalue weighted by Crippen LogP contribution is 2.36. The molecule has 0 bridgehead atoms. The lowest BCUT2D eigenvalue weighted by molar-refractivity contribution is 0.205. The Morgan fingerprint density at radius 1 is 0.935 bits per heavy atom. The zero-order chi connectivity index (χ0) is 21.5. The molecule has 0 aromatic heterocycles. The molecule has 1 saturated carbocycles. The molecule has 0 unspecified atom stereocenters. The molecule has 3 rings (SSSR count). The van der Waals surface area contributed by atoms with Crippen molar-refractivity contribution in [3.63, 3.8) is 0 Å². The molecule has 0 spiro atoms. The van der Waals surface area contributed by atoms with Gasteiger partial charge in [-0.15, -0.1) is 12.4 Å². The third-order valence-electron chi connectivity index (χ3n) is 6.01. The second-order valence-electron chi connectivity index (χ2n) is 9.03. The first-order valence-corrected chi connectivity index (χ1v) is 12.6. The topological polar surface area (TPSA) is 6.48 Å². The Hall–Kier alpha value is -1.07. The summed E-state index contributed by atoms with van der Waals surface area (Å²) in [5, 5.41) is 0. The Kier molecular flexibility index (Phi) is 10.8. The van der Waals surface area contributed by atoms with Gasteiger partial charge < -0.3 is 9.80 Å². The molecule has 0 amide bonds. The number of halogens is 1. The Morgan fingerprint density at radius 3 is 2.10 bits per heavy atom. The normalized spacial score (nSPS) is 18.6. The predicted octanol–water partition coefficient (Wildman–Crippen LogP) is 7.12. The largest absolute Gasteiger partial charge is 0.352 e. The maximum absolute atomic E-state index is 5.89. The van der Waals surface area contributed by atoms with Crippen molar-refractivity contribution in [2.24, 2.45) is 0 Å². The van der Waals surface area contributed by atoms with Gasteiger partial charge in [-0.25, -0.2) is 0 Å². The fourth-order valence-electron chi connectivity index (χ4n) is 4.52. The van der Waals surface area contributed by atoms with Gasteiger partial charge in [0.25, 0.3) is 0 Å². The van der Waals surface area contributed by atoms with Crippen molar-refractivity contribution >= 4 is 40.7 Å². The van der Waals surface area contributed by atoms with E-state index in [0.717, 1.165) is 16.6 Å². The minimum absolute atomic E-state index is 0. The summed E-state index contributed by atoms with van der Waals surface area (Å²) in [7, 11) is 4.25. The van der Waals surface area contributed by atoms with Crippen LogP contribution < -0.4 is 0 Å². The molecule has 1 aliphatic rings. The van der Waals surface area contributed by atoms with Gasteiger partial charge in [-0.05, 0) is 76.2 Å². The predicted molar refractivity (Wildman–Crippen MR) is 143 cm³/mol. The van der Waals surface area contributed by atoms with Crippen LogP contribution in [0.15, 0.2) is 54.6 Å². The first-order chi connectivity index (χ1) is 14.4. The number of rotatable bonds is 7. The fourth-order valence-corrected chi connectivity index (χ4v) is 6.05. The highest BCUT2D eigenvalue weighted by atomic mass is 35.5. The van der Waals surface area contributed by atoms with Gasteiger partial charge in [0, 0.05) is 24.4 Å². The van der Waals surface area contributed by atoms with Crippen LogP contribution in [0.3, 0.4) is 0 Å². The van der Waals surface area contributed by atoms with Crippen molar-refractivity contribution in [3.8, 4) is 0 Å². The molecule has 0 saturated heterocycles. The zero-order valence-corrected chi connectivity index (χ0v) is 21.7. The number of hydrogen-bond donors (Lipinski definition) is 0. The van der Waals surface area contributed by atoms with E-state index in [2.05, 4.69) is 92.3 Å². The monoisotopic (exact) mass is 476 g/mol. The third kappa shape index (κ3) is 7.78. The lowest BCUT2D eigenvalue weighted by Crippen LogP contribution is -2.44. The first kappa shape index (κ1) is 26.2. The van der Waals surface area contributed by atoms with Crippen molar-refractivity contribution in [2.45, 2.75) is 69.8 Å². The minimum Gasteiger partial charge on any atom is -0.352 e. The van der Waals surface area contributed by atoms with Gasteiger partial charge >= 0.3 is 0 Å². The quantitative estimate of drug-likeness (QED) is 0.392. The van der Waals surface area contributed by atoms with Gasteiger partial charge in [0.2, 0.25) is 0 Å². The standard InChI is InChI=1S/C26H36N2S2.ClH/c1-20(2)28(26(29)30-19-22-8-6-5-7-9-22)25-16-14-24(15-17-25)23-12-10-21(11-13-23)18-27(3)4;/h5-13,20,24-25H,14-19H2,1-4H3;1H. The van der Waals surface area contributed by atoms with Crippen molar-refractivity contribution in [2.75, 3.05) is 14.1 Å². The van der Waals surface area contributed by atoms with E-state index in [1.807, 2.05) is 11.8 Å². The van der Waals surface area contributed by atoms with Gasteiger partial charge in [-0.2, -0.15) is 0 Å². The Bertz CT molecular complexity index is 785. The Morgan fingerprint density at radius 2 is 1.55 bits per heavy atom. The summed E-state index contributed by atoms with van der Waals surface area (Å²) in [4.78, 5) is 4.73. The summed E-state index contributed by atoms with van der Waals surface area (Å²) in [5.41, 5.74) is 4.24. The minimum atomic E-state index is 0. The lowest BCUT2D eigenvalue weighted by atomic mass is 9.81. The molecular formula is C26H37ClN2S2. The van der Waals surface area contributed by atoms with Crippen LogP contribution in [0.5, 0.6) is 0 Å². The van der Waals surface area contributed by atoms with E-state index in [4.69, 9.17) is 12.2 Å². The molecule has 170 valence electrons. The smallest absolute Gasteiger partial charge is 0.137 e. The van der Waals surface area contributed by atoms with Crippen molar-refractivity contribution in [3.05, 3.63) is 71.3 Å². The van der Waals surface area contributed by atoms with Crippen LogP contribution in [0.25, 0.3) is 0 Å². The molecule has 0 N–H and O–H groups in total. The van der Waals surface area contributed by atoms with Crippen LogP contribution in [0.1, 0.15) is 62.1 Å². The average molecular weight is 477 g/mol. The molecule has 0 aliphatic heterocycles. The maximum Gasteiger partial charge on any atom is 0.137 e. The molecule has 1 fully saturated rings. The number of benzene rings is 2. The molecule has 5 heteroatoms. The van der Waals surface area contributed by atoms with E-state index in [-0.39, 0.29) is 12.4 Å². The van der Waals surface area contributed by atoms with E-state index >= 15 is 0 Å². The number of thiocarbonyl (C=S) groups is 1. The molecule has 2 aromatic carbocycles.